The first-order valence-corrected chi connectivity index (χ1v) is 18.6. The van der Waals surface area contributed by atoms with Gasteiger partial charge in [0.1, 0.15) is 0 Å². The van der Waals surface area contributed by atoms with Gasteiger partial charge in [-0.1, -0.05) is 50.2 Å². The van der Waals surface area contributed by atoms with E-state index in [1.165, 1.54) is 0 Å². The summed E-state index contributed by atoms with van der Waals surface area (Å²) >= 11 is 5.57. The average molecular weight is 659 g/mol. The van der Waals surface area contributed by atoms with Crippen LogP contribution in [0.5, 0.6) is 0 Å². The van der Waals surface area contributed by atoms with E-state index in [0.29, 0.717) is 0 Å². The number of hydrogen-bond donors (Lipinski definition) is 4. The van der Waals surface area contributed by atoms with E-state index >= 15 is 0 Å². The predicted octanol–water partition coefficient (Wildman–Crippen LogP) is 9.22. The average Bonchev–Trinajstić information content (AvgIpc) is 3.06. The van der Waals surface area contributed by atoms with E-state index in [-0.39, 0.29) is 23.7 Å². The van der Waals surface area contributed by atoms with E-state index in [9.17, 15) is 9.59 Å². The van der Waals surface area contributed by atoms with Crippen molar-refractivity contribution in [2.45, 2.75) is 13.8 Å². The zero-order chi connectivity index (χ0) is 31.7. The monoisotopic (exact) mass is 658 g/mol. The molecule has 45 heavy (non-hydrogen) atoms. The molecule has 0 fully saturated rings. The maximum atomic E-state index is 12.6. The fourth-order valence-corrected chi connectivity index (χ4v) is 7.62. The van der Waals surface area contributed by atoms with Crippen LogP contribution in [0.3, 0.4) is 0 Å². The van der Waals surface area contributed by atoms with Crippen molar-refractivity contribution in [3.8, 4) is 0 Å². The Hall–Kier alpha value is -3.53. The number of benzene rings is 4. The zero-order valence-electron chi connectivity index (χ0n) is 25.8. The van der Waals surface area contributed by atoms with Crippen LogP contribution in [0.1, 0.15) is 13.8 Å². The summed E-state index contributed by atoms with van der Waals surface area (Å²) in [5, 5.41) is 12.8. The van der Waals surface area contributed by atoms with Crippen LogP contribution in [0, 0.1) is 11.8 Å². The minimum atomic E-state index is -0.0609. The molecule has 236 valence electrons. The Morgan fingerprint density at radius 2 is 0.778 bits per heavy atom. The molecule has 6 nitrogen and oxygen atoms in total. The summed E-state index contributed by atoms with van der Waals surface area (Å²) in [7, 11) is 0. The smallest absolute Gasteiger partial charge is 0.228 e. The molecule has 0 heterocycles. The molecule has 0 radical (unpaired) electrons. The molecule has 4 rings (SSSR count). The molecular weight excluding hydrogens is 617 g/mol. The first-order chi connectivity index (χ1) is 22.0. The quantitative estimate of drug-likeness (QED) is 0.0794. The fourth-order valence-electron chi connectivity index (χ4n) is 4.19. The maximum Gasteiger partial charge on any atom is 0.228 e. The standard InChI is InChI=1S/C36H42N4O2S3/c1-27(35(41)39-33-17-13-31(14-18-33)37-29-9-5-3-6-10-29)25-44-23-21-43-22-24-45-26-28(2)36(42)40-34-19-15-32(16-20-34)38-30-11-7-4-8-12-30/h3-20,27-28,37-38H,21-26H2,1-2H3,(H,39,41)(H,40,42). The summed E-state index contributed by atoms with van der Waals surface area (Å²) in [5.41, 5.74) is 5.63. The zero-order valence-corrected chi connectivity index (χ0v) is 28.3. The second-order valence-electron chi connectivity index (χ2n) is 10.7. The van der Waals surface area contributed by atoms with Crippen molar-refractivity contribution in [1.82, 2.24) is 0 Å². The van der Waals surface area contributed by atoms with Crippen LogP contribution >= 0.6 is 35.3 Å². The van der Waals surface area contributed by atoms with Crippen LogP contribution in [0.15, 0.2) is 109 Å². The molecule has 0 aliphatic heterocycles. The minimum absolute atomic E-state index is 0.0468. The Morgan fingerprint density at radius 1 is 0.467 bits per heavy atom. The molecule has 0 aromatic heterocycles. The number of hydrogen-bond acceptors (Lipinski definition) is 7. The first-order valence-electron chi connectivity index (χ1n) is 15.2. The number of nitrogens with one attached hydrogen (secondary N) is 4. The van der Waals surface area contributed by atoms with Crippen LogP contribution in [0.25, 0.3) is 0 Å². The normalized spacial score (nSPS) is 12.1. The van der Waals surface area contributed by atoms with Gasteiger partial charge < -0.3 is 21.3 Å². The van der Waals surface area contributed by atoms with E-state index in [0.717, 1.165) is 68.6 Å². The Labute approximate surface area is 280 Å². The Balaban J connectivity index is 1.00. The van der Waals surface area contributed by atoms with E-state index in [1.54, 1.807) is 0 Å². The summed E-state index contributed by atoms with van der Waals surface area (Å²) in [6.07, 6.45) is 0. The van der Waals surface area contributed by atoms with Gasteiger partial charge in [0.15, 0.2) is 0 Å². The predicted molar refractivity (Wildman–Crippen MR) is 200 cm³/mol. The van der Waals surface area contributed by atoms with Crippen molar-refractivity contribution >= 4 is 81.2 Å². The highest BCUT2D eigenvalue weighted by Gasteiger charge is 2.14. The molecule has 0 saturated carbocycles. The molecule has 0 bridgehead atoms. The molecule has 4 aromatic carbocycles. The van der Waals surface area contributed by atoms with Gasteiger partial charge in [-0.3, -0.25) is 9.59 Å². The molecule has 0 aliphatic carbocycles. The molecule has 9 heteroatoms. The molecule has 2 atom stereocenters. The van der Waals surface area contributed by atoms with Crippen LogP contribution in [0.2, 0.25) is 0 Å². The van der Waals surface area contributed by atoms with Gasteiger partial charge in [-0.05, 0) is 72.8 Å². The molecule has 0 aliphatic rings. The van der Waals surface area contributed by atoms with Gasteiger partial charge in [0.2, 0.25) is 11.8 Å². The van der Waals surface area contributed by atoms with Gasteiger partial charge in [0.05, 0.1) is 0 Å². The van der Waals surface area contributed by atoms with E-state index in [2.05, 4.69) is 21.3 Å². The molecular formula is C36H42N4O2S3. The Morgan fingerprint density at radius 3 is 1.16 bits per heavy atom. The van der Waals surface area contributed by atoms with Crippen LogP contribution in [0.4, 0.5) is 34.1 Å². The number of thioether (sulfide) groups is 3. The number of carbonyl (C=O) groups excluding carboxylic acids is 2. The summed E-state index contributed by atoms with van der Waals surface area (Å²) < 4.78 is 0. The number of rotatable bonds is 18. The molecule has 0 saturated heterocycles. The third-order valence-electron chi connectivity index (χ3n) is 6.80. The summed E-state index contributed by atoms with van der Waals surface area (Å²) in [4.78, 5) is 25.3. The number of anilines is 6. The van der Waals surface area contributed by atoms with Crippen LogP contribution < -0.4 is 21.3 Å². The Kier molecular flexibility index (Phi) is 14.6. The third kappa shape index (κ3) is 12.8. The lowest BCUT2D eigenvalue weighted by Crippen LogP contribution is -2.22. The highest BCUT2D eigenvalue weighted by Crippen LogP contribution is 2.22. The third-order valence-corrected chi connectivity index (χ3v) is 10.8. The van der Waals surface area contributed by atoms with Gasteiger partial charge in [-0.15, -0.1) is 0 Å². The lowest BCUT2D eigenvalue weighted by molar-refractivity contribution is -0.119. The topological polar surface area (TPSA) is 82.3 Å². The summed E-state index contributed by atoms with van der Waals surface area (Å²) in [6.45, 7) is 3.96. The first kappa shape index (κ1) is 34.3. The van der Waals surface area contributed by atoms with Crippen LogP contribution in [-0.4, -0.2) is 46.3 Å². The minimum Gasteiger partial charge on any atom is -0.356 e. The van der Waals surface area contributed by atoms with E-state index < -0.39 is 0 Å². The summed E-state index contributed by atoms with van der Waals surface area (Å²) in [5.74, 6) is 5.72. The van der Waals surface area contributed by atoms with Crippen molar-refractivity contribution in [3.63, 3.8) is 0 Å². The molecule has 4 N–H and O–H groups in total. The summed E-state index contributed by atoms with van der Waals surface area (Å²) in [6, 6.07) is 35.6. The molecule has 4 aromatic rings. The maximum absolute atomic E-state index is 12.6. The highest BCUT2D eigenvalue weighted by atomic mass is 32.2. The fraction of sp³-hybridized carbons (Fsp3) is 0.278. The van der Waals surface area contributed by atoms with Crippen molar-refractivity contribution in [3.05, 3.63) is 109 Å². The lowest BCUT2D eigenvalue weighted by Gasteiger charge is -2.13. The molecule has 0 spiro atoms. The SMILES string of the molecule is CC(CSCCSCCSCC(C)C(=O)Nc1ccc(Nc2ccccc2)cc1)C(=O)Nc1ccc(Nc2ccccc2)cc1. The largest absolute Gasteiger partial charge is 0.356 e. The Bertz CT molecular complexity index is 1330. The molecule has 2 unspecified atom stereocenters. The van der Waals surface area contributed by atoms with Crippen molar-refractivity contribution in [2.24, 2.45) is 11.8 Å². The highest BCUT2D eigenvalue weighted by molar-refractivity contribution is 8.04. The van der Waals surface area contributed by atoms with E-state index in [1.807, 2.05) is 158 Å². The number of carbonyl (C=O) groups is 2. The lowest BCUT2D eigenvalue weighted by atomic mass is 10.2. The van der Waals surface area contributed by atoms with Crippen molar-refractivity contribution < 1.29 is 9.59 Å². The second kappa shape index (κ2) is 19.1. The second-order valence-corrected chi connectivity index (χ2v) is 14.2. The van der Waals surface area contributed by atoms with E-state index in [4.69, 9.17) is 0 Å². The van der Waals surface area contributed by atoms with Gasteiger partial charge in [-0.2, -0.15) is 35.3 Å². The van der Waals surface area contributed by atoms with Crippen molar-refractivity contribution in [2.75, 3.05) is 55.8 Å². The van der Waals surface area contributed by atoms with Crippen molar-refractivity contribution in [1.29, 1.82) is 0 Å². The van der Waals surface area contributed by atoms with Gasteiger partial charge in [0, 0.05) is 80.5 Å². The van der Waals surface area contributed by atoms with Gasteiger partial charge >= 0.3 is 0 Å². The van der Waals surface area contributed by atoms with Crippen LogP contribution in [-0.2, 0) is 9.59 Å². The number of amides is 2. The van der Waals surface area contributed by atoms with Gasteiger partial charge in [0.25, 0.3) is 0 Å². The van der Waals surface area contributed by atoms with Gasteiger partial charge in [-0.25, -0.2) is 0 Å². The number of para-hydroxylation sites is 2. The molecule has 2 amide bonds.